The summed E-state index contributed by atoms with van der Waals surface area (Å²) in [6.45, 7) is 10.2. The summed E-state index contributed by atoms with van der Waals surface area (Å²) in [4.78, 5) is 0. The maximum Gasteiger partial charge on any atom is 0.123 e. The van der Waals surface area contributed by atoms with Gasteiger partial charge in [-0.15, -0.1) is 0 Å². The Morgan fingerprint density at radius 3 is 1.95 bits per heavy atom. The van der Waals surface area contributed by atoms with Crippen LogP contribution in [0.5, 0.6) is 5.75 Å². The fraction of sp³-hybridized carbons (Fsp3) is 0.300. The zero-order valence-corrected chi connectivity index (χ0v) is 13.9. The first-order valence-electron chi connectivity index (χ1n) is 7.47. The zero-order valence-electron chi connectivity index (χ0n) is 13.9. The van der Waals surface area contributed by atoms with E-state index in [1.165, 1.54) is 12.1 Å². The highest BCUT2D eigenvalue weighted by molar-refractivity contribution is 5.84. The SMILES string of the molecule is Cc1cc(/C=C(\c2ccc(F)cc2)C(C)(C)C)cc(C)c1O. The lowest BCUT2D eigenvalue weighted by molar-refractivity contribution is 0.467. The van der Waals surface area contributed by atoms with Crippen LogP contribution in [0.25, 0.3) is 11.6 Å². The highest BCUT2D eigenvalue weighted by Crippen LogP contribution is 2.36. The lowest BCUT2D eigenvalue weighted by atomic mass is 9.81. The van der Waals surface area contributed by atoms with Crippen LogP contribution < -0.4 is 0 Å². The Labute approximate surface area is 132 Å². The second kappa shape index (κ2) is 5.96. The van der Waals surface area contributed by atoms with Gasteiger partial charge in [0.1, 0.15) is 11.6 Å². The molecule has 22 heavy (non-hydrogen) atoms. The molecule has 2 rings (SSSR count). The number of halogens is 1. The topological polar surface area (TPSA) is 20.2 Å². The summed E-state index contributed by atoms with van der Waals surface area (Å²) in [5.41, 5.74) is 4.84. The van der Waals surface area contributed by atoms with Crippen molar-refractivity contribution in [2.45, 2.75) is 34.6 Å². The van der Waals surface area contributed by atoms with Crippen LogP contribution in [0.15, 0.2) is 36.4 Å². The number of phenolic OH excluding ortho intramolecular Hbond substituents is 1. The molecule has 0 unspecified atom stereocenters. The number of aromatic hydroxyl groups is 1. The Kier molecular flexibility index (Phi) is 4.41. The minimum atomic E-state index is -0.228. The first kappa shape index (κ1) is 16.3. The minimum Gasteiger partial charge on any atom is -0.507 e. The third kappa shape index (κ3) is 3.56. The minimum absolute atomic E-state index is 0.0719. The number of phenols is 1. The summed E-state index contributed by atoms with van der Waals surface area (Å²) < 4.78 is 13.2. The molecule has 0 aliphatic heterocycles. The molecule has 0 saturated heterocycles. The van der Waals surface area contributed by atoms with E-state index in [0.29, 0.717) is 5.75 Å². The quantitative estimate of drug-likeness (QED) is 0.701. The lowest BCUT2D eigenvalue weighted by Gasteiger charge is -2.24. The number of aryl methyl sites for hydroxylation is 2. The second-order valence-corrected chi connectivity index (χ2v) is 6.82. The predicted molar refractivity (Wildman–Crippen MR) is 91.3 cm³/mol. The van der Waals surface area contributed by atoms with E-state index in [2.05, 4.69) is 26.8 Å². The maximum atomic E-state index is 13.2. The molecule has 0 radical (unpaired) electrons. The fourth-order valence-corrected chi connectivity index (χ4v) is 2.60. The molecule has 0 heterocycles. The molecular formula is C20H23FO. The Bertz CT molecular complexity index is 680. The van der Waals surface area contributed by atoms with Gasteiger partial charge in [-0.1, -0.05) is 39.0 Å². The number of hydrogen-bond acceptors (Lipinski definition) is 1. The van der Waals surface area contributed by atoms with Crippen LogP contribution in [0.1, 0.15) is 43.0 Å². The van der Waals surface area contributed by atoms with Gasteiger partial charge in [-0.2, -0.15) is 0 Å². The van der Waals surface area contributed by atoms with Gasteiger partial charge in [0.05, 0.1) is 0 Å². The van der Waals surface area contributed by atoms with Crippen molar-refractivity contribution in [2.75, 3.05) is 0 Å². The maximum absolute atomic E-state index is 13.2. The van der Waals surface area contributed by atoms with Gasteiger partial charge in [0.25, 0.3) is 0 Å². The molecule has 1 nitrogen and oxygen atoms in total. The Morgan fingerprint density at radius 2 is 1.50 bits per heavy atom. The molecule has 0 bridgehead atoms. The van der Waals surface area contributed by atoms with Crippen molar-refractivity contribution in [3.63, 3.8) is 0 Å². The molecule has 0 amide bonds. The summed E-state index contributed by atoms with van der Waals surface area (Å²) in [6, 6.07) is 10.5. The number of benzene rings is 2. The van der Waals surface area contributed by atoms with Gasteiger partial charge >= 0.3 is 0 Å². The smallest absolute Gasteiger partial charge is 0.123 e. The van der Waals surface area contributed by atoms with E-state index >= 15 is 0 Å². The van der Waals surface area contributed by atoms with Crippen LogP contribution in [0.3, 0.4) is 0 Å². The monoisotopic (exact) mass is 298 g/mol. The Morgan fingerprint density at radius 1 is 1.00 bits per heavy atom. The predicted octanol–water partition coefficient (Wildman–Crippen LogP) is 5.73. The van der Waals surface area contributed by atoms with E-state index in [1.54, 1.807) is 0 Å². The summed E-state index contributed by atoms with van der Waals surface area (Å²) in [5, 5.41) is 9.91. The van der Waals surface area contributed by atoms with Gasteiger partial charge in [-0.05, 0) is 71.4 Å². The molecule has 1 N–H and O–H groups in total. The van der Waals surface area contributed by atoms with Gasteiger partial charge in [0.2, 0.25) is 0 Å². The first-order valence-corrected chi connectivity index (χ1v) is 7.47. The van der Waals surface area contributed by atoms with Crippen LogP contribution in [-0.2, 0) is 0 Å². The molecule has 2 heteroatoms. The highest BCUT2D eigenvalue weighted by atomic mass is 19.1. The fourth-order valence-electron chi connectivity index (χ4n) is 2.60. The van der Waals surface area contributed by atoms with Crippen molar-refractivity contribution in [2.24, 2.45) is 5.41 Å². The largest absolute Gasteiger partial charge is 0.507 e. The summed E-state index contributed by atoms with van der Waals surface area (Å²) in [6.07, 6.45) is 2.12. The number of hydrogen-bond donors (Lipinski definition) is 1. The van der Waals surface area contributed by atoms with E-state index < -0.39 is 0 Å². The third-order valence-electron chi connectivity index (χ3n) is 3.79. The first-order chi connectivity index (χ1) is 10.2. The standard InChI is InChI=1S/C20H23FO/c1-13-10-15(11-14(2)19(13)22)12-18(20(3,4)5)16-6-8-17(21)9-7-16/h6-12,22H,1-5H3/b18-12+. The molecular weight excluding hydrogens is 275 g/mol. The molecule has 0 saturated carbocycles. The summed E-state index contributed by atoms with van der Waals surface area (Å²) >= 11 is 0. The van der Waals surface area contributed by atoms with E-state index in [4.69, 9.17) is 0 Å². The average Bonchev–Trinajstić information content (AvgIpc) is 2.42. The van der Waals surface area contributed by atoms with E-state index in [0.717, 1.165) is 27.8 Å². The van der Waals surface area contributed by atoms with Crippen LogP contribution in [-0.4, -0.2) is 5.11 Å². The lowest BCUT2D eigenvalue weighted by Crippen LogP contribution is -2.08. The average molecular weight is 298 g/mol. The molecule has 0 fully saturated rings. The molecule has 0 spiro atoms. The number of rotatable bonds is 2. The van der Waals surface area contributed by atoms with Crippen LogP contribution in [0.2, 0.25) is 0 Å². The van der Waals surface area contributed by atoms with Crippen molar-refractivity contribution in [3.8, 4) is 5.75 Å². The van der Waals surface area contributed by atoms with Gasteiger partial charge in [0.15, 0.2) is 0 Å². The zero-order chi connectivity index (χ0) is 16.5. The van der Waals surface area contributed by atoms with E-state index in [1.807, 2.05) is 38.1 Å². The second-order valence-electron chi connectivity index (χ2n) is 6.82. The van der Waals surface area contributed by atoms with Crippen molar-refractivity contribution in [1.82, 2.24) is 0 Å². The van der Waals surface area contributed by atoms with Crippen LogP contribution in [0.4, 0.5) is 4.39 Å². The van der Waals surface area contributed by atoms with Gasteiger partial charge in [-0.25, -0.2) is 4.39 Å². The number of allylic oxidation sites excluding steroid dienone is 1. The molecule has 0 aliphatic carbocycles. The van der Waals surface area contributed by atoms with Gasteiger partial charge in [0, 0.05) is 0 Å². The normalized spacial score (nSPS) is 12.5. The third-order valence-corrected chi connectivity index (χ3v) is 3.79. The molecule has 0 atom stereocenters. The van der Waals surface area contributed by atoms with E-state index in [-0.39, 0.29) is 11.2 Å². The summed E-state index contributed by atoms with van der Waals surface area (Å²) in [5.74, 6) is 0.115. The molecule has 2 aromatic rings. The van der Waals surface area contributed by atoms with Gasteiger partial charge < -0.3 is 5.11 Å². The molecule has 0 aliphatic rings. The Balaban J connectivity index is 2.57. The highest BCUT2D eigenvalue weighted by Gasteiger charge is 2.19. The van der Waals surface area contributed by atoms with Crippen molar-refractivity contribution in [3.05, 3.63) is 64.5 Å². The van der Waals surface area contributed by atoms with Crippen LogP contribution in [0, 0.1) is 25.1 Å². The summed E-state index contributed by atoms with van der Waals surface area (Å²) in [7, 11) is 0. The Hall–Kier alpha value is -2.09. The van der Waals surface area contributed by atoms with E-state index in [9.17, 15) is 9.50 Å². The van der Waals surface area contributed by atoms with Crippen LogP contribution >= 0.6 is 0 Å². The van der Waals surface area contributed by atoms with Gasteiger partial charge in [-0.3, -0.25) is 0 Å². The molecule has 2 aromatic carbocycles. The molecule has 0 aromatic heterocycles. The molecule has 116 valence electrons. The van der Waals surface area contributed by atoms with Crippen molar-refractivity contribution >= 4 is 11.6 Å². The van der Waals surface area contributed by atoms with Crippen molar-refractivity contribution < 1.29 is 9.50 Å². The van der Waals surface area contributed by atoms with Crippen molar-refractivity contribution in [1.29, 1.82) is 0 Å².